The first-order valence-corrected chi connectivity index (χ1v) is 9.59. The molecule has 0 spiro atoms. The van der Waals surface area contributed by atoms with E-state index < -0.39 is 0 Å². The molecule has 1 atom stereocenters. The molecule has 0 radical (unpaired) electrons. The van der Waals surface area contributed by atoms with Gasteiger partial charge in [0.25, 0.3) is 0 Å². The van der Waals surface area contributed by atoms with E-state index in [0.29, 0.717) is 25.4 Å². The summed E-state index contributed by atoms with van der Waals surface area (Å²) < 4.78 is 24.4. The Hall–Kier alpha value is -1.93. The molecule has 7 nitrogen and oxygen atoms in total. The summed E-state index contributed by atoms with van der Waals surface area (Å²) in [6.45, 7) is 6.69. The summed E-state index contributed by atoms with van der Waals surface area (Å²) in [5, 5.41) is 0.881. The lowest BCUT2D eigenvalue weighted by molar-refractivity contribution is -0.219. The number of fused-ring (bicyclic) bond motifs is 1. The molecule has 1 fully saturated rings. The second-order valence-electron chi connectivity index (χ2n) is 7.24. The van der Waals surface area contributed by atoms with Crippen molar-refractivity contribution < 1.29 is 23.7 Å². The van der Waals surface area contributed by atoms with Crippen LogP contribution >= 0.6 is 0 Å². The van der Waals surface area contributed by atoms with Crippen LogP contribution in [0.15, 0.2) is 24.3 Å². The molecule has 0 amide bonds. The highest BCUT2D eigenvalue weighted by molar-refractivity contribution is 6.05. The molecule has 154 valence electrons. The van der Waals surface area contributed by atoms with E-state index in [1.54, 1.807) is 7.11 Å². The third-order valence-corrected chi connectivity index (χ3v) is 5.52. The highest BCUT2D eigenvalue weighted by Gasteiger charge is 2.32. The fourth-order valence-corrected chi connectivity index (χ4v) is 3.86. The summed E-state index contributed by atoms with van der Waals surface area (Å²) in [6.07, 6.45) is -0.382. The van der Waals surface area contributed by atoms with Crippen molar-refractivity contribution in [3.05, 3.63) is 35.5 Å². The Morgan fingerprint density at radius 2 is 1.96 bits per heavy atom. The molecule has 3 rings (SSSR count). The van der Waals surface area contributed by atoms with Gasteiger partial charge in [0, 0.05) is 30.3 Å². The number of para-hydroxylation sites is 1. The fraction of sp³-hybridized carbons (Fsp3) is 0.571. The minimum absolute atomic E-state index is 0.0893. The highest BCUT2D eigenvalue weighted by atomic mass is 16.7. The number of aromatic nitrogens is 1. The van der Waals surface area contributed by atoms with Crippen LogP contribution in [0.25, 0.3) is 10.9 Å². The number of benzene rings is 1. The second-order valence-corrected chi connectivity index (χ2v) is 7.24. The maximum Gasteiger partial charge on any atom is 0.340 e. The summed E-state index contributed by atoms with van der Waals surface area (Å²) in [4.78, 5) is 14.5. The van der Waals surface area contributed by atoms with Crippen molar-refractivity contribution >= 4 is 16.9 Å². The van der Waals surface area contributed by atoms with Gasteiger partial charge in [-0.15, -0.1) is 0 Å². The lowest BCUT2D eigenvalue weighted by atomic mass is 10.1. The average Bonchev–Trinajstić information content (AvgIpc) is 3.02. The van der Waals surface area contributed by atoms with Gasteiger partial charge in [0.1, 0.15) is 0 Å². The number of carbonyl (C=O) groups is 1. The molecular weight excluding hydrogens is 360 g/mol. The van der Waals surface area contributed by atoms with Crippen LogP contribution in [0.2, 0.25) is 0 Å². The van der Waals surface area contributed by atoms with Crippen LogP contribution in [0.4, 0.5) is 0 Å². The zero-order valence-corrected chi connectivity index (χ0v) is 17.3. The molecule has 7 heteroatoms. The maximum atomic E-state index is 12.4. The number of hydrogen-bond acceptors (Lipinski definition) is 6. The Morgan fingerprint density at radius 3 is 2.61 bits per heavy atom. The van der Waals surface area contributed by atoms with Gasteiger partial charge in [-0.3, -0.25) is 4.90 Å². The number of likely N-dealkylation sites (N-methyl/N-ethyl adjacent to an activating group) is 1. The summed E-state index contributed by atoms with van der Waals surface area (Å²) in [5.74, 6) is -0.329. The molecule has 1 saturated heterocycles. The van der Waals surface area contributed by atoms with Crippen LogP contribution in [0, 0.1) is 6.92 Å². The molecule has 0 unspecified atom stereocenters. The maximum absolute atomic E-state index is 12.4. The van der Waals surface area contributed by atoms with Gasteiger partial charge in [0.2, 0.25) is 0 Å². The van der Waals surface area contributed by atoms with E-state index in [1.807, 2.05) is 38.2 Å². The smallest absolute Gasteiger partial charge is 0.340 e. The van der Waals surface area contributed by atoms with Crippen molar-refractivity contribution in [2.24, 2.45) is 0 Å². The third-order valence-electron chi connectivity index (χ3n) is 5.52. The molecule has 0 N–H and O–H groups in total. The molecule has 0 bridgehead atoms. The predicted molar refractivity (Wildman–Crippen MR) is 107 cm³/mol. The molecule has 1 aromatic carbocycles. The molecule has 0 aliphatic carbocycles. The van der Waals surface area contributed by atoms with Crippen LogP contribution < -0.4 is 0 Å². The van der Waals surface area contributed by atoms with E-state index in [4.69, 9.17) is 18.9 Å². The Kier molecular flexibility index (Phi) is 6.72. The quantitative estimate of drug-likeness (QED) is 0.678. The number of nitrogens with zero attached hydrogens (tertiary/aromatic N) is 2. The van der Waals surface area contributed by atoms with E-state index in [0.717, 1.165) is 23.1 Å². The van der Waals surface area contributed by atoms with Gasteiger partial charge >= 0.3 is 5.97 Å². The molecule has 28 heavy (non-hydrogen) atoms. The van der Waals surface area contributed by atoms with Gasteiger partial charge in [-0.1, -0.05) is 18.2 Å². The van der Waals surface area contributed by atoms with Gasteiger partial charge in [-0.05, 0) is 27.0 Å². The van der Waals surface area contributed by atoms with E-state index in [2.05, 4.69) is 16.4 Å². The highest BCUT2D eigenvalue weighted by Crippen LogP contribution is 2.32. The number of hydrogen-bond donors (Lipinski definition) is 0. The molecule has 1 aliphatic heterocycles. The first-order chi connectivity index (χ1) is 13.5. The molecule has 2 heterocycles. The van der Waals surface area contributed by atoms with Crippen molar-refractivity contribution in [3.8, 4) is 0 Å². The number of carbonyl (C=O) groups excluding carboxylic acids is 1. The standard InChI is InChI=1S/C21H30N2O5/c1-14-19(20(24)26-5)17-8-6-7-9-18(17)23(14)15(2)21-27-12-16(13-28-21)22(3)10-11-25-4/h6-9,15-16,21H,10-13H2,1-5H3/t15-,16?,21?/m1/s1. The SMILES string of the molecule is COCCN(C)C1COC([C@@H](C)n2c(C)c(C(=O)OC)c3ccccc32)OC1. The minimum Gasteiger partial charge on any atom is -0.465 e. The lowest BCUT2D eigenvalue weighted by Gasteiger charge is -2.37. The monoisotopic (exact) mass is 390 g/mol. The molecular formula is C21H30N2O5. The van der Waals surface area contributed by atoms with Gasteiger partial charge < -0.3 is 23.5 Å². The normalized spacial score (nSPS) is 21.2. The second kappa shape index (κ2) is 9.05. The summed E-state index contributed by atoms with van der Waals surface area (Å²) in [6, 6.07) is 7.96. The zero-order chi connectivity index (χ0) is 20.3. The fourth-order valence-electron chi connectivity index (χ4n) is 3.86. The van der Waals surface area contributed by atoms with Gasteiger partial charge in [0.15, 0.2) is 6.29 Å². The molecule has 1 aromatic heterocycles. The molecule has 1 aliphatic rings. The lowest BCUT2D eigenvalue weighted by Crippen LogP contribution is -2.48. The number of rotatable bonds is 7. The van der Waals surface area contributed by atoms with Crippen LogP contribution in [0.3, 0.4) is 0 Å². The molecule has 0 saturated carbocycles. The Balaban J connectivity index is 1.80. The van der Waals surface area contributed by atoms with Crippen molar-refractivity contribution in [2.75, 3.05) is 47.6 Å². The Bertz CT molecular complexity index is 810. The van der Waals surface area contributed by atoms with Gasteiger partial charge in [0.05, 0.1) is 44.6 Å². The van der Waals surface area contributed by atoms with E-state index >= 15 is 0 Å². The average molecular weight is 390 g/mol. The summed E-state index contributed by atoms with van der Waals surface area (Å²) in [5.41, 5.74) is 2.42. The third kappa shape index (κ3) is 3.93. The first kappa shape index (κ1) is 20.8. The first-order valence-electron chi connectivity index (χ1n) is 9.59. The minimum atomic E-state index is -0.382. The summed E-state index contributed by atoms with van der Waals surface area (Å²) >= 11 is 0. The molecule has 2 aromatic rings. The largest absolute Gasteiger partial charge is 0.465 e. The van der Waals surface area contributed by atoms with Crippen molar-refractivity contribution in [2.45, 2.75) is 32.2 Å². The van der Waals surface area contributed by atoms with Crippen LogP contribution in [-0.2, 0) is 18.9 Å². The zero-order valence-electron chi connectivity index (χ0n) is 17.3. The van der Waals surface area contributed by atoms with Crippen LogP contribution in [-0.4, -0.2) is 75.4 Å². The number of ether oxygens (including phenoxy) is 4. The predicted octanol–water partition coefficient (Wildman–Crippen LogP) is 2.62. The van der Waals surface area contributed by atoms with E-state index in [1.165, 1.54) is 7.11 Å². The van der Waals surface area contributed by atoms with Crippen LogP contribution in [0.5, 0.6) is 0 Å². The topological polar surface area (TPSA) is 62.2 Å². The van der Waals surface area contributed by atoms with Crippen molar-refractivity contribution in [1.82, 2.24) is 9.47 Å². The number of methoxy groups -OCH3 is 2. The Labute approximate surface area is 166 Å². The Morgan fingerprint density at radius 1 is 1.29 bits per heavy atom. The van der Waals surface area contributed by atoms with Crippen LogP contribution in [0.1, 0.15) is 29.0 Å². The van der Waals surface area contributed by atoms with E-state index in [-0.39, 0.29) is 24.3 Å². The van der Waals surface area contributed by atoms with Crippen molar-refractivity contribution in [1.29, 1.82) is 0 Å². The number of esters is 1. The summed E-state index contributed by atoms with van der Waals surface area (Å²) in [7, 11) is 5.16. The van der Waals surface area contributed by atoms with Gasteiger partial charge in [-0.2, -0.15) is 0 Å². The van der Waals surface area contributed by atoms with Crippen molar-refractivity contribution in [3.63, 3.8) is 0 Å². The van der Waals surface area contributed by atoms with E-state index in [9.17, 15) is 4.79 Å². The van der Waals surface area contributed by atoms with Gasteiger partial charge in [-0.25, -0.2) is 4.79 Å².